The highest BCUT2D eigenvalue weighted by atomic mass is 32.1. The predicted octanol–water partition coefficient (Wildman–Crippen LogP) is 4.99. The third kappa shape index (κ3) is 3.57. The first-order valence-electron chi connectivity index (χ1n) is 8.10. The molecule has 24 heavy (non-hydrogen) atoms. The summed E-state index contributed by atoms with van der Waals surface area (Å²) in [5, 5.41) is 3.78. The highest BCUT2D eigenvalue weighted by molar-refractivity contribution is 7.17. The lowest BCUT2D eigenvalue weighted by molar-refractivity contribution is 0.0943. The molecule has 1 unspecified atom stereocenters. The molecule has 0 aliphatic carbocycles. The summed E-state index contributed by atoms with van der Waals surface area (Å²) >= 11 is 1.36. The molecule has 2 aromatic heterocycles. The molecule has 0 aliphatic rings. The number of furan rings is 1. The van der Waals surface area contributed by atoms with Crippen molar-refractivity contribution < 1.29 is 9.21 Å². The van der Waals surface area contributed by atoms with Crippen LogP contribution in [-0.2, 0) is 0 Å². The van der Waals surface area contributed by atoms with Crippen LogP contribution in [0.1, 0.15) is 36.4 Å². The fourth-order valence-corrected chi connectivity index (χ4v) is 3.52. The molecule has 3 aromatic rings. The van der Waals surface area contributed by atoms with Crippen molar-refractivity contribution in [3.63, 3.8) is 0 Å². The van der Waals surface area contributed by atoms with Gasteiger partial charge in [0.15, 0.2) is 10.8 Å². The van der Waals surface area contributed by atoms with E-state index in [-0.39, 0.29) is 11.9 Å². The Balaban J connectivity index is 1.98. The first-order chi connectivity index (χ1) is 11.7. The van der Waals surface area contributed by atoms with Crippen LogP contribution in [0.3, 0.4) is 0 Å². The molecule has 4 nitrogen and oxygen atoms in total. The SMILES string of the molecule is CCCC(C)NC(=O)c1sc(-c2ccco2)nc1-c1ccccc1. The van der Waals surface area contributed by atoms with Crippen LogP contribution in [0.15, 0.2) is 53.1 Å². The van der Waals surface area contributed by atoms with Gasteiger partial charge in [0.05, 0.1) is 12.0 Å². The Morgan fingerprint density at radius 3 is 2.71 bits per heavy atom. The second-order valence-electron chi connectivity index (χ2n) is 5.70. The van der Waals surface area contributed by atoms with Crippen molar-refractivity contribution in [2.24, 2.45) is 0 Å². The van der Waals surface area contributed by atoms with E-state index in [2.05, 4.69) is 17.2 Å². The Bertz CT molecular complexity index is 794. The number of carbonyl (C=O) groups excluding carboxylic acids is 1. The smallest absolute Gasteiger partial charge is 0.263 e. The summed E-state index contributed by atoms with van der Waals surface area (Å²) in [5.41, 5.74) is 1.63. The first kappa shape index (κ1) is 16.5. The van der Waals surface area contributed by atoms with Gasteiger partial charge in [-0.2, -0.15) is 0 Å². The number of nitrogens with zero attached hydrogens (tertiary/aromatic N) is 1. The number of benzene rings is 1. The first-order valence-corrected chi connectivity index (χ1v) is 8.91. The van der Waals surface area contributed by atoms with Crippen molar-refractivity contribution in [3.8, 4) is 22.0 Å². The Hall–Kier alpha value is -2.40. The van der Waals surface area contributed by atoms with E-state index >= 15 is 0 Å². The topological polar surface area (TPSA) is 55.1 Å². The molecule has 3 rings (SSSR count). The van der Waals surface area contributed by atoms with Gasteiger partial charge in [-0.3, -0.25) is 4.79 Å². The quantitative estimate of drug-likeness (QED) is 0.688. The number of carbonyl (C=O) groups is 1. The van der Waals surface area contributed by atoms with Crippen molar-refractivity contribution in [1.82, 2.24) is 10.3 Å². The fraction of sp³-hybridized carbons (Fsp3) is 0.263. The van der Waals surface area contributed by atoms with Gasteiger partial charge in [-0.1, -0.05) is 43.7 Å². The molecule has 2 heterocycles. The maximum absolute atomic E-state index is 12.7. The van der Waals surface area contributed by atoms with E-state index in [1.807, 2.05) is 49.4 Å². The van der Waals surface area contributed by atoms with E-state index in [4.69, 9.17) is 4.42 Å². The number of hydrogen-bond acceptors (Lipinski definition) is 4. The van der Waals surface area contributed by atoms with Crippen LogP contribution in [-0.4, -0.2) is 16.9 Å². The minimum absolute atomic E-state index is 0.0786. The standard InChI is InChI=1S/C19H20N2O2S/c1-3-8-13(2)20-18(22)17-16(14-9-5-4-6-10-14)21-19(24-17)15-11-7-12-23-15/h4-7,9-13H,3,8H2,1-2H3,(H,20,22). The van der Waals surface area contributed by atoms with E-state index < -0.39 is 0 Å². The molecule has 1 amide bonds. The lowest BCUT2D eigenvalue weighted by Crippen LogP contribution is -2.32. The van der Waals surface area contributed by atoms with Gasteiger partial charge < -0.3 is 9.73 Å². The van der Waals surface area contributed by atoms with E-state index in [0.717, 1.165) is 18.4 Å². The van der Waals surface area contributed by atoms with Gasteiger partial charge in [0.1, 0.15) is 4.88 Å². The molecule has 124 valence electrons. The number of amides is 1. The third-order valence-corrected chi connectivity index (χ3v) is 4.78. The molecular weight excluding hydrogens is 320 g/mol. The number of rotatable bonds is 6. The van der Waals surface area contributed by atoms with Gasteiger partial charge >= 0.3 is 0 Å². The molecular formula is C19H20N2O2S. The molecule has 0 aliphatic heterocycles. The highest BCUT2D eigenvalue weighted by Crippen LogP contribution is 2.34. The highest BCUT2D eigenvalue weighted by Gasteiger charge is 2.22. The number of hydrogen-bond donors (Lipinski definition) is 1. The molecule has 1 N–H and O–H groups in total. The Labute approximate surface area is 145 Å². The maximum atomic E-state index is 12.7. The Morgan fingerprint density at radius 2 is 2.04 bits per heavy atom. The second-order valence-corrected chi connectivity index (χ2v) is 6.70. The van der Waals surface area contributed by atoms with Gasteiger partial charge in [-0.15, -0.1) is 11.3 Å². The summed E-state index contributed by atoms with van der Waals surface area (Å²) in [6, 6.07) is 13.6. The average molecular weight is 340 g/mol. The lowest BCUT2D eigenvalue weighted by atomic mass is 10.1. The Morgan fingerprint density at radius 1 is 1.25 bits per heavy atom. The Kier molecular flexibility index (Phi) is 5.11. The van der Waals surface area contributed by atoms with Crippen molar-refractivity contribution >= 4 is 17.2 Å². The van der Waals surface area contributed by atoms with Gasteiger partial charge in [0.2, 0.25) is 0 Å². The molecule has 0 saturated carbocycles. The summed E-state index contributed by atoms with van der Waals surface area (Å²) in [6.07, 6.45) is 3.60. The minimum atomic E-state index is -0.0786. The largest absolute Gasteiger partial charge is 0.462 e. The second kappa shape index (κ2) is 7.45. The van der Waals surface area contributed by atoms with Crippen molar-refractivity contribution in [1.29, 1.82) is 0 Å². The van der Waals surface area contributed by atoms with Crippen molar-refractivity contribution in [2.75, 3.05) is 0 Å². The molecule has 0 bridgehead atoms. The van der Waals surface area contributed by atoms with E-state index in [1.165, 1.54) is 11.3 Å². The van der Waals surface area contributed by atoms with Crippen LogP contribution in [0.5, 0.6) is 0 Å². The van der Waals surface area contributed by atoms with Crippen LogP contribution < -0.4 is 5.32 Å². The maximum Gasteiger partial charge on any atom is 0.263 e. The molecule has 1 atom stereocenters. The minimum Gasteiger partial charge on any atom is -0.462 e. The van der Waals surface area contributed by atoms with Crippen molar-refractivity contribution in [2.45, 2.75) is 32.7 Å². The average Bonchev–Trinajstić information content (AvgIpc) is 3.25. The molecule has 0 fully saturated rings. The zero-order valence-electron chi connectivity index (χ0n) is 13.8. The molecule has 0 saturated heterocycles. The van der Waals surface area contributed by atoms with Crippen LogP contribution in [0, 0.1) is 0 Å². The molecule has 1 aromatic carbocycles. The van der Waals surface area contributed by atoms with E-state index in [9.17, 15) is 4.79 Å². The van der Waals surface area contributed by atoms with Gasteiger partial charge in [-0.05, 0) is 25.5 Å². The predicted molar refractivity (Wildman–Crippen MR) is 97.1 cm³/mol. The number of thiazole rings is 1. The summed E-state index contributed by atoms with van der Waals surface area (Å²) in [5.74, 6) is 0.600. The third-order valence-electron chi connectivity index (χ3n) is 3.71. The van der Waals surface area contributed by atoms with Crippen molar-refractivity contribution in [3.05, 3.63) is 53.6 Å². The zero-order valence-corrected chi connectivity index (χ0v) is 14.6. The van der Waals surface area contributed by atoms with Crippen LogP contribution >= 0.6 is 11.3 Å². The summed E-state index contributed by atoms with van der Waals surface area (Å²) < 4.78 is 5.44. The van der Waals surface area contributed by atoms with Gasteiger partial charge in [0, 0.05) is 11.6 Å². The van der Waals surface area contributed by atoms with Gasteiger partial charge in [0.25, 0.3) is 5.91 Å². The fourth-order valence-electron chi connectivity index (χ4n) is 2.57. The zero-order chi connectivity index (χ0) is 16.9. The molecule has 0 spiro atoms. The lowest BCUT2D eigenvalue weighted by Gasteiger charge is -2.12. The van der Waals surface area contributed by atoms with Crippen LogP contribution in [0.4, 0.5) is 0 Å². The summed E-state index contributed by atoms with van der Waals surface area (Å²) in [4.78, 5) is 18.0. The number of aromatic nitrogens is 1. The van der Waals surface area contributed by atoms with E-state index in [1.54, 1.807) is 6.26 Å². The summed E-state index contributed by atoms with van der Waals surface area (Å²) in [7, 11) is 0. The monoisotopic (exact) mass is 340 g/mol. The van der Waals surface area contributed by atoms with Crippen LogP contribution in [0.2, 0.25) is 0 Å². The summed E-state index contributed by atoms with van der Waals surface area (Å²) in [6.45, 7) is 4.14. The normalized spacial score (nSPS) is 12.1. The number of nitrogens with one attached hydrogen (secondary N) is 1. The van der Waals surface area contributed by atoms with Crippen LogP contribution in [0.25, 0.3) is 22.0 Å². The molecule has 0 radical (unpaired) electrons. The van der Waals surface area contributed by atoms with Gasteiger partial charge in [-0.25, -0.2) is 4.98 Å². The van der Waals surface area contributed by atoms with E-state index in [0.29, 0.717) is 21.3 Å². The molecule has 5 heteroatoms.